The molecule has 0 unspecified atom stereocenters. The van der Waals surface area contributed by atoms with Crippen molar-refractivity contribution in [3.05, 3.63) is 75.3 Å². The predicted octanol–water partition coefficient (Wildman–Crippen LogP) is 4.01. The van der Waals surface area contributed by atoms with E-state index in [9.17, 15) is 19.6 Å². The molecular weight excluding hydrogens is 462 g/mol. The summed E-state index contributed by atoms with van der Waals surface area (Å²) in [6, 6.07) is 16.3. The summed E-state index contributed by atoms with van der Waals surface area (Å²) in [6.45, 7) is 2.05. The van der Waals surface area contributed by atoms with Crippen LogP contribution in [0.5, 0.6) is 0 Å². The number of rotatable bonds is 7. The lowest BCUT2D eigenvalue weighted by Gasteiger charge is -2.31. The van der Waals surface area contributed by atoms with Gasteiger partial charge in [-0.2, -0.15) is 5.26 Å². The number of aryl methyl sites for hydroxylation is 1. The number of benzene rings is 2. The van der Waals surface area contributed by atoms with Gasteiger partial charge in [-0.05, 0) is 35.7 Å². The minimum Gasteiger partial charge on any atom is -0.468 e. The van der Waals surface area contributed by atoms with Crippen molar-refractivity contribution in [1.82, 2.24) is 5.32 Å². The Balaban J connectivity index is 1.87. The Morgan fingerprint density at radius 2 is 1.91 bits per heavy atom. The second-order valence-electron chi connectivity index (χ2n) is 7.23. The standard InChI is InChI=1S/C24H22ClN3O4S/c1-3-14-8-10-15(11-9-14)27-19(29)13-33-23-17(12-26)20(16-6-4-5-7-18(16)25)21(22(30)28-23)24(31)32-2/h4-11,20-21H,3,13H2,1-2H3,(H,27,29)(H,28,30)/t20-,21-/m1/s1. The van der Waals surface area contributed by atoms with Gasteiger partial charge in [0.15, 0.2) is 0 Å². The number of thioether (sulfide) groups is 1. The van der Waals surface area contributed by atoms with Gasteiger partial charge in [0.1, 0.15) is 5.92 Å². The first kappa shape index (κ1) is 24.4. The second-order valence-corrected chi connectivity index (χ2v) is 8.62. The Morgan fingerprint density at radius 1 is 1.21 bits per heavy atom. The fraction of sp³-hybridized carbons (Fsp3) is 0.250. The number of halogens is 1. The van der Waals surface area contributed by atoms with Gasteiger partial charge in [0.2, 0.25) is 11.8 Å². The molecule has 2 N–H and O–H groups in total. The Labute approximate surface area is 201 Å². The third kappa shape index (κ3) is 5.56. The van der Waals surface area contributed by atoms with E-state index < -0.39 is 23.7 Å². The minimum absolute atomic E-state index is 0.0472. The number of nitrogens with zero attached hydrogens (tertiary/aromatic N) is 1. The molecule has 7 nitrogen and oxygen atoms in total. The van der Waals surface area contributed by atoms with Crippen LogP contribution in [0.15, 0.2) is 59.1 Å². The first-order valence-electron chi connectivity index (χ1n) is 10.2. The molecule has 1 aliphatic heterocycles. The van der Waals surface area contributed by atoms with Gasteiger partial charge < -0.3 is 15.4 Å². The minimum atomic E-state index is -1.28. The summed E-state index contributed by atoms with van der Waals surface area (Å²) in [7, 11) is 1.18. The molecule has 33 heavy (non-hydrogen) atoms. The summed E-state index contributed by atoms with van der Waals surface area (Å²) < 4.78 is 4.82. The average Bonchev–Trinajstić information content (AvgIpc) is 2.82. The highest BCUT2D eigenvalue weighted by Gasteiger charge is 2.45. The number of anilines is 1. The van der Waals surface area contributed by atoms with Gasteiger partial charge in [-0.15, -0.1) is 0 Å². The zero-order valence-corrected chi connectivity index (χ0v) is 19.6. The molecule has 2 amide bonds. The third-order valence-corrected chi connectivity index (χ3v) is 6.58. The molecular formula is C24H22ClN3O4S. The van der Waals surface area contributed by atoms with E-state index in [1.165, 1.54) is 7.11 Å². The number of hydrogen-bond donors (Lipinski definition) is 2. The van der Waals surface area contributed by atoms with Gasteiger partial charge in [-0.1, -0.05) is 60.6 Å². The van der Waals surface area contributed by atoms with Crippen LogP contribution >= 0.6 is 23.4 Å². The number of allylic oxidation sites excluding steroid dienone is 1. The van der Waals surface area contributed by atoms with Gasteiger partial charge in [0, 0.05) is 16.6 Å². The zero-order valence-electron chi connectivity index (χ0n) is 18.1. The van der Waals surface area contributed by atoms with Gasteiger partial charge in [-0.3, -0.25) is 14.4 Å². The first-order chi connectivity index (χ1) is 15.9. The van der Waals surface area contributed by atoms with E-state index in [-0.39, 0.29) is 22.3 Å². The van der Waals surface area contributed by atoms with Gasteiger partial charge in [0.25, 0.3) is 0 Å². The van der Waals surface area contributed by atoms with E-state index in [0.29, 0.717) is 16.3 Å². The largest absolute Gasteiger partial charge is 0.468 e. The molecule has 1 heterocycles. The van der Waals surface area contributed by atoms with Crippen LogP contribution < -0.4 is 10.6 Å². The highest BCUT2D eigenvalue weighted by Crippen LogP contribution is 2.42. The molecule has 0 saturated carbocycles. The molecule has 3 rings (SSSR count). The molecule has 2 aromatic rings. The number of nitrogens with one attached hydrogen (secondary N) is 2. The van der Waals surface area contributed by atoms with Crippen LogP contribution in [0, 0.1) is 17.2 Å². The van der Waals surface area contributed by atoms with E-state index in [1.807, 2.05) is 31.2 Å². The average molecular weight is 484 g/mol. The molecule has 0 saturated heterocycles. The van der Waals surface area contributed by atoms with Crippen molar-refractivity contribution in [1.29, 1.82) is 5.26 Å². The van der Waals surface area contributed by atoms with E-state index in [0.717, 1.165) is 23.7 Å². The molecule has 1 aliphatic rings. The number of ether oxygens (including phenoxy) is 1. The Kier molecular flexibility index (Phi) is 8.15. The summed E-state index contributed by atoms with van der Waals surface area (Å²) in [5, 5.41) is 15.8. The highest BCUT2D eigenvalue weighted by atomic mass is 35.5. The monoisotopic (exact) mass is 483 g/mol. The molecule has 0 radical (unpaired) electrons. The van der Waals surface area contributed by atoms with Crippen LogP contribution in [0.3, 0.4) is 0 Å². The van der Waals surface area contributed by atoms with Crippen LogP contribution in [0.2, 0.25) is 5.02 Å². The molecule has 0 aromatic heterocycles. The second kappa shape index (κ2) is 11.0. The fourth-order valence-electron chi connectivity index (χ4n) is 3.54. The Hall–Kier alpha value is -3.28. The maximum absolute atomic E-state index is 12.8. The topological polar surface area (TPSA) is 108 Å². The summed E-state index contributed by atoms with van der Waals surface area (Å²) in [6.07, 6.45) is 0.897. The smallest absolute Gasteiger partial charge is 0.319 e. The normalized spacial score (nSPS) is 17.7. The van der Waals surface area contributed by atoms with Crippen LogP contribution in [0.1, 0.15) is 24.0 Å². The van der Waals surface area contributed by atoms with E-state index >= 15 is 0 Å². The molecule has 170 valence electrons. The molecule has 0 bridgehead atoms. The lowest BCUT2D eigenvalue weighted by atomic mass is 9.78. The summed E-state index contributed by atoms with van der Waals surface area (Å²) in [5.74, 6) is -3.95. The van der Waals surface area contributed by atoms with Crippen LogP contribution in [0.25, 0.3) is 0 Å². The van der Waals surface area contributed by atoms with Crippen LogP contribution in [-0.4, -0.2) is 30.6 Å². The number of hydrogen-bond acceptors (Lipinski definition) is 6. The quantitative estimate of drug-likeness (QED) is 0.455. The summed E-state index contributed by atoms with van der Waals surface area (Å²) in [5.41, 5.74) is 2.41. The lowest BCUT2D eigenvalue weighted by molar-refractivity contribution is -0.150. The first-order valence-corrected chi connectivity index (χ1v) is 11.5. The molecule has 2 atom stereocenters. The lowest BCUT2D eigenvalue weighted by Crippen LogP contribution is -2.44. The fourth-order valence-corrected chi connectivity index (χ4v) is 4.64. The van der Waals surface area contributed by atoms with Crippen molar-refractivity contribution >= 4 is 46.8 Å². The van der Waals surface area contributed by atoms with Crippen molar-refractivity contribution in [2.24, 2.45) is 5.92 Å². The SMILES string of the molecule is CCc1ccc(NC(=O)CSC2=C(C#N)[C@@H](c3ccccc3Cl)[C@@H](C(=O)OC)C(=O)N2)cc1. The summed E-state index contributed by atoms with van der Waals surface area (Å²) in [4.78, 5) is 37.7. The van der Waals surface area contributed by atoms with Crippen molar-refractivity contribution < 1.29 is 19.1 Å². The number of nitriles is 1. The van der Waals surface area contributed by atoms with Crippen molar-refractivity contribution in [2.45, 2.75) is 19.3 Å². The number of amides is 2. The number of methoxy groups -OCH3 is 1. The highest BCUT2D eigenvalue weighted by molar-refractivity contribution is 8.03. The summed E-state index contributed by atoms with van der Waals surface area (Å²) >= 11 is 7.35. The Morgan fingerprint density at radius 3 is 2.52 bits per heavy atom. The molecule has 0 aliphatic carbocycles. The van der Waals surface area contributed by atoms with Crippen LogP contribution in [0.4, 0.5) is 5.69 Å². The van der Waals surface area contributed by atoms with Crippen molar-refractivity contribution in [3.8, 4) is 6.07 Å². The molecule has 0 fully saturated rings. The van der Waals surface area contributed by atoms with Gasteiger partial charge >= 0.3 is 5.97 Å². The van der Waals surface area contributed by atoms with Gasteiger partial charge in [-0.25, -0.2) is 0 Å². The Bertz CT molecular complexity index is 1140. The number of carbonyl (C=O) groups excluding carboxylic acids is 3. The molecule has 9 heteroatoms. The molecule has 0 spiro atoms. The number of carbonyl (C=O) groups is 3. The van der Waals surface area contributed by atoms with E-state index in [2.05, 4.69) is 16.7 Å². The predicted molar refractivity (Wildman–Crippen MR) is 127 cm³/mol. The molecule has 2 aromatic carbocycles. The van der Waals surface area contributed by atoms with Crippen molar-refractivity contribution in [3.63, 3.8) is 0 Å². The maximum atomic E-state index is 12.8. The van der Waals surface area contributed by atoms with Gasteiger partial charge in [0.05, 0.1) is 29.5 Å². The van der Waals surface area contributed by atoms with E-state index in [1.54, 1.807) is 24.3 Å². The van der Waals surface area contributed by atoms with Crippen molar-refractivity contribution in [2.75, 3.05) is 18.2 Å². The van der Waals surface area contributed by atoms with E-state index in [4.69, 9.17) is 16.3 Å². The zero-order chi connectivity index (χ0) is 24.0. The third-order valence-electron chi connectivity index (χ3n) is 5.22. The van der Waals surface area contributed by atoms with Crippen LogP contribution in [-0.2, 0) is 25.5 Å². The number of esters is 1. The maximum Gasteiger partial charge on any atom is 0.319 e.